The van der Waals surface area contributed by atoms with Crippen molar-refractivity contribution >= 4 is 5.69 Å². The number of aryl methyl sites for hydroxylation is 1. The molecule has 0 atom stereocenters. The van der Waals surface area contributed by atoms with Gasteiger partial charge in [-0.1, -0.05) is 0 Å². The van der Waals surface area contributed by atoms with E-state index in [1.54, 1.807) is 0 Å². The zero-order valence-corrected chi connectivity index (χ0v) is 10.1. The van der Waals surface area contributed by atoms with Crippen LogP contribution in [-0.2, 0) is 6.42 Å². The van der Waals surface area contributed by atoms with Gasteiger partial charge in [-0.2, -0.15) is 0 Å². The van der Waals surface area contributed by atoms with Crippen molar-refractivity contribution in [3.63, 3.8) is 0 Å². The van der Waals surface area contributed by atoms with E-state index < -0.39 is 0 Å². The van der Waals surface area contributed by atoms with Gasteiger partial charge in [-0.25, -0.2) is 0 Å². The fourth-order valence-corrected chi connectivity index (χ4v) is 1.89. The summed E-state index contributed by atoms with van der Waals surface area (Å²) >= 11 is 0. The van der Waals surface area contributed by atoms with E-state index in [-0.39, 0.29) is 0 Å². The molecule has 0 amide bonds. The summed E-state index contributed by atoms with van der Waals surface area (Å²) in [6.07, 6.45) is 2.27. The van der Waals surface area contributed by atoms with Crippen LogP contribution in [0.3, 0.4) is 0 Å². The van der Waals surface area contributed by atoms with Crippen molar-refractivity contribution in [3.05, 3.63) is 23.8 Å². The van der Waals surface area contributed by atoms with Crippen LogP contribution in [0.5, 0.6) is 5.75 Å². The van der Waals surface area contributed by atoms with Crippen LogP contribution in [0.2, 0.25) is 0 Å². The van der Waals surface area contributed by atoms with E-state index in [1.807, 2.05) is 0 Å². The van der Waals surface area contributed by atoms with Crippen molar-refractivity contribution in [1.82, 2.24) is 4.90 Å². The molecule has 0 saturated heterocycles. The summed E-state index contributed by atoms with van der Waals surface area (Å²) in [5.41, 5.74) is 2.53. The van der Waals surface area contributed by atoms with Crippen molar-refractivity contribution in [3.8, 4) is 5.75 Å². The van der Waals surface area contributed by atoms with Crippen LogP contribution in [-0.4, -0.2) is 38.7 Å². The molecule has 0 aromatic heterocycles. The molecule has 0 bridgehead atoms. The van der Waals surface area contributed by atoms with Gasteiger partial charge in [0, 0.05) is 18.8 Å². The summed E-state index contributed by atoms with van der Waals surface area (Å²) in [5, 5.41) is 3.43. The third-order valence-electron chi connectivity index (χ3n) is 2.80. The van der Waals surface area contributed by atoms with E-state index >= 15 is 0 Å². The maximum atomic E-state index is 5.59. The number of nitrogens with zero attached hydrogens (tertiary/aromatic N) is 1. The predicted molar refractivity (Wildman–Crippen MR) is 67.3 cm³/mol. The summed E-state index contributed by atoms with van der Waals surface area (Å²) in [5.74, 6) is 1.06. The molecule has 0 unspecified atom stereocenters. The number of rotatable bonds is 4. The zero-order chi connectivity index (χ0) is 11.4. The number of hydrogen-bond donors (Lipinski definition) is 1. The lowest BCUT2D eigenvalue weighted by molar-refractivity contribution is 0.288. The van der Waals surface area contributed by atoms with Crippen LogP contribution < -0.4 is 10.1 Å². The highest BCUT2D eigenvalue weighted by Gasteiger charge is 2.09. The first-order valence-corrected chi connectivity index (χ1v) is 5.90. The number of likely N-dealkylation sites (N-methyl/N-ethyl adjacent to an activating group) is 1. The zero-order valence-electron chi connectivity index (χ0n) is 10.1. The Bertz CT molecular complexity index is 350. The van der Waals surface area contributed by atoms with Gasteiger partial charge in [0.05, 0.1) is 6.61 Å². The van der Waals surface area contributed by atoms with Gasteiger partial charge >= 0.3 is 0 Å². The normalized spacial score (nSPS) is 14.4. The van der Waals surface area contributed by atoms with Crippen molar-refractivity contribution in [2.45, 2.75) is 12.8 Å². The van der Waals surface area contributed by atoms with Crippen LogP contribution in [0.15, 0.2) is 18.2 Å². The Hall–Kier alpha value is -1.22. The molecule has 0 aliphatic carbocycles. The van der Waals surface area contributed by atoms with Crippen molar-refractivity contribution < 1.29 is 4.74 Å². The van der Waals surface area contributed by atoms with E-state index in [0.717, 1.165) is 38.3 Å². The second kappa shape index (κ2) is 5.21. The molecule has 88 valence electrons. The summed E-state index contributed by atoms with van der Waals surface area (Å²) in [7, 11) is 4.17. The third-order valence-corrected chi connectivity index (χ3v) is 2.80. The van der Waals surface area contributed by atoms with Gasteiger partial charge in [-0.05, 0) is 50.7 Å². The van der Waals surface area contributed by atoms with Crippen LogP contribution >= 0.6 is 0 Å². The molecule has 2 rings (SSSR count). The Morgan fingerprint density at radius 2 is 2.25 bits per heavy atom. The van der Waals surface area contributed by atoms with Gasteiger partial charge in [0.25, 0.3) is 0 Å². The SMILES string of the molecule is CN(C)CCNc1ccc2c(c1)CCCO2. The van der Waals surface area contributed by atoms with E-state index in [9.17, 15) is 0 Å². The smallest absolute Gasteiger partial charge is 0.122 e. The fourth-order valence-electron chi connectivity index (χ4n) is 1.89. The molecule has 1 aliphatic heterocycles. The molecule has 1 N–H and O–H groups in total. The quantitative estimate of drug-likeness (QED) is 0.839. The first-order chi connectivity index (χ1) is 7.75. The minimum Gasteiger partial charge on any atom is -0.493 e. The van der Waals surface area contributed by atoms with Gasteiger partial charge in [0.1, 0.15) is 5.75 Å². The monoisotopic (exact) mass is 220 g/mol. The lowest BCUT2D eigenvalue weighted by atomic mass is 10.1. The molecule has 1 aliphatic rings. The number of hydrogen-bond acceptors (Lipinski definition) is 3. The number of ether oxygens (including phenoxy) is 1. The van der Waals surface area contributed by atoms with Crippen LogP contribution in [0.25, 0.3) is 0 Å². The Balaban J connectivity index is 1.95. The maximum Gasteiger partial charge on any atom is 0.122 e. The van der Waals surface area contributed by atoms with Crippen LogP contribution in [0.4, 0.5) is 5.69 Å². The first-order valence-electron chi connectivity index (χ1n) is 5.90. The Morgan fingerprint density at radius 1 is 1.38 bits per heavy atom. The highest BCUT2D eigenvalue weighted by Crippen LogP contribution is 2.27. The average molecular weight is 220 g/mol. The number of fused-ring (bicyclic) bond motifs is 1. The Labute approximate surface area is 97.4 Å². The van der Waals surface area contributed by atoms with E-state index in [1.165, 1.54) is 11.3 Å². The van der Waals surface area contributed by atoms with Crippen LogP contribution in [0, 0.1) is 0 Å². The number of anilines is 1. The second-order valence-electron chi connectivity index (χ2n) is 4.50. The molecule has 0 radical (unpaired) electrons. The van der Waals surface area contributed by atoms with Gasteiger partial charge in [-0.15, -0.1) is 0 Å². The lowest BCUT2D eigenvalue weighted by Crippen LogP contribution is -2.20. The molecule has 0 saturated carbocycles. The predicted octanol–water partition coefficient (Wildman–Crippen LogP) is 1.99. The molecule has 1 aromatic rings. The van der Waals surface area contributed by atoms with Gasteiger partial charge < -0.3 is 15.0 Å². The second-order valence-corrected chi connectivity index (χ2v) is 4.50. The van der Waals surface area contributed by atoms with E-state index in [0.29, 0.717) is 0 Å². The molecular formula is C13H20N2O. The van der Waals surface area contributed by atoms with E-state index in [4.69, 9.17) is 4.74 Å². The van der Waals surface area contributed by atoms with Gasteiger partial charge in [0.2, 0.25) is 0 Å². The van der Waals surface area contributed by atoms with E-state index in [2.05, 4.69) is 42.5 Å². The molecule has 3 nitrogen and oxygen atoms in total. The molecule has 0 spiro atoms. The molecular weight excluding hydrogens is 200 g/mol. The summed E-state index contributed by atoms with van der Waals surface area (Å²) < 4.78 is 5.59. The number of nitrogens with one attached hydrogen (secondary N) is 1. The average Bonchev–Trinajstić information content (AvgIpc) is 2.28. The Morgan fingerprint density at radius 3 is 3.06 bits per heavy atom. The summed E-state index contributed by atoms with van der Waals surface area (Å²) in [6, 6.07) is 6.39. The fraction of sp³-hybridized carbons (Fsp3) is 0.538. The molecule has 1 aromatic carbocycles. The highest BCUT2D eigenvalue weighted by molar-refractivity contribution is 5.51. The standard InChI is InChI=1S/C13H20N2O/c1-15(2)8-7-14-12-5-6-13-11(10-12)4-3-9-16-13/h5-6,10,14H,3-4,7-9H2,1-2H3. The molecule has 16 heavy (non-hydrogen) atoms. The topological polar surface area (TPSA) is 24.5 Å². The summed E-state index contributed by atoms with van der Waals surface area (Å²) in [6.45, 7) is 2.89. The number of benzene rings is 1. The minimum atomic E-state index is 0.862. The van der Waals surface area contributed by atoms with Crippen molar-refractivity contribution in [2.24, 2.45) is 0 Å². The first kappa shape index (κ1) is 11.3. The molecule has 1 heterocycles. The van der Waals surface area contributed by atoms with Crippen molar-refractivity contribution in [1.29, 1.82) is 0 Å². The summed E-state index contributed by atoms with van der Waals surface area (Å²) in [4.78, 5) is 2.18. The Kier molecular flexibility index (Phi) is 3.67. The maximum absolute atomic E-state index is 5.59. The highest BCUT2D eigenvalue weighted by atomic mass is 16.5. The van der Waals surface area contributed by atoms with Gasteiger partial charge in [-0.3, -0.25) is 0 Å². The minimum absolute atomic E-state index is 0.862. The largest absolute Gasteiger partial charge is 0.493 e. The van der Waals surface area contributed by atoms with Crippen LogP contribution in [0.1, 0.15) is 12.0 Å². The third kappa shape index (κ3) is 2.89. The molecule has 0 fully saturated rings. The van der Waals surface area contributed by atoms with Gasteiger partial charge in [0.15, 0.2) is 0 Å². The molecule has 3 heteroatoms. The van der Waals surface area contributed by atoms with Crippen molar-refractivity contribution in [2.75, 3.05) is 39.1 Å². The lowest BCUT2D eigenvalue weighted by Gasteiger charge is -2.18.